The first-order chi connectivity index (χ1) is 10.1. The quantitative estimate of drug-likeness (QED) is 0.932. The number of anilines is 1. The van der Waals surface area contributed by atoms with Gasteiger partial charge in [-0.15, -0.1) is 0 Å². The van der Waals surface area contributed by atoms with E-state index < -0.39 is 0 Å². The van der Waals surface area contributed by atoms with Crippen LogP contribution in [0.4, 0.5) is 5.82 Å². The first-order valence-corrected chi connectivity index (χ1v) is 7.69. The van der Waals surface area contributed by atoms with E-state index in [2.05, 4.69) is 29.0 Å². The van der Waals surface area contributed by atoms with Crippen LogP contribution >= 0.6 is 0 Å². The second-order valence-electron chi connectivity index (χ2n) is 6.28. The fraction of sp³-hybridized carbons (Fsp3) is 0.562. The van der Waals surface area contributed by atoms with Crippen molar-refractivity contribution in [3.05, 3.63) is 24.2 Å². The lowest BCUT2D eigenvalue weighted by atomic mass is 9.77. The molecule has 0 amide bonds. The van der Waals surface area contributed by atoms with Crippen molar-refractivity contribution in [1.29, 1.82) is 0 Å². The molecule has 0 saturated heterocycles. The van der Waals surface area contributed by atoms with Crippen LogP contribution in [0.5, 0.6) is 0 Å². The van der Waals surface area contributed by atoms with E-state index in [9.17, 15) is 0 Å². The van der Waals surface area contributed by atoms with Gasteiger partial charge in [-0.25, -0.2) is 4.98 Å². The Hall–Kier alpha value is -1.91. The van der Waals surface area contributed by atoms with E-state index in [0.29, 0.717) is 17.6 Å². The Morgan fingerprint density at radius 2 is 2.00 bits per heavy atom. The second-order valence-corrected chi connectivity index (χ2v) is 6.28. The summed E-state index contributed by atoms with van der Waals surface area (Å²) in [6.07, 6.45) is 6.48. The average molecular weight is 286 g/mol. The van der Waals surface area contributed by atoms with Gasteiger partial charge in [-0.3, -0.25) is 0 Å². The van der Waals surface area contributed by atoms with Crippen molar-refractivity contribution < 1.29 is 4.52 Å². The monoisotopic (exact) mass is 286 g/mol. The van der Waals surface area contributed by atoms with E-state index >= 15 is 0 Å². The molecular weight excluding hydrogens is 264 g/mol. The van der Waals surface area contributed by atoms with Crippen LogP contribution in [0.25, 0.3) is 11.5 Å². The van der Waals surface area contributed by atoms with Gasteiger partial charge in [0.15, 0.2) is 5.82 Å². The van der Waals surface area contributed by atoms with Gasteiger partial charge in [0.05, 0.1) is 0 Å². The minimum atomic E-state index is 0.427. The molecule has 1 fully saturated rings. The Morgan fingerprint density at radius 3 is 2.67 bits per heavy atom. The van der Waals surface area contributed by atoms with Gasteiger partial charge >= 0.3 is 0 Å². The molecule has 112 valence electrons. The maximum Gasteiger partial charge on any atom is 0.258 e. The molecule has 1 aliphatic carbocycles. The molecule has 0 unspecified atom stereocenters. The van der Waals surface area contributed by atoms with Crippen molar-refractivity contribution in [2.24, 2.45) is 11.8 Å². The number of rotatable bonds is 3. The van der Waals surface area contributed by atoms with Crippen molar-refractivity contribution in [2.45, 2.75) is 45.4 Å². The van der Waals surface area contributed by atoms with Crippen LogP contribution in [0, 0.1) is 11.8 Å². The zero-order valence-corrected chi connectivity index (χ0v) is 12.6. The summed E-state index contributed by atoms with van der Waals surface area (Å²) in [5, 5.41) is 4.17. The molecule has 2 aromatic heterocycles. The van der Waals surface area contributed by atoms with Gasteiger partial charge in [0, 0.05) is 17.7 Å². The number of nitrogens with zero attached hydrogens (tertiary/aromatic N) is 3. The van der Waals surface area contributed by atoms with E-state index in [-0.39, 0.29) is 0 Å². The molecule has 5 nitrogen and oxygen atoms in total. The highest BCUT2D eigenvalue weighted by Crippen LogP contribution is 2.38. The first-order valence-electron chi connectivity index (χ1n) is 7.69. The summed E-state index contributed by atoms with van der Waals surface area (Å²) in [4.78, 5) is 8.53. The third-order valence-corrected chi connectivity index (χ3v) is 4.55. The molecule has 3 rings (SSSR count). The van der Waals surface area contributed by atoms with Crippen molar-refractivity contribution in [2.75, 3.05) is 5.73 Å². The summed E-state index contributed by atoms with van der Waals surface area (Å²) in [5.74, 6) is 3.87. The molecule has 5 heteroatoms. The van der Waals surface area contributed by atoms with Gasteiger partial charge in [-0.1, -0.05) is 19.0 Å². The summed E-state index contributed by atoms with van der Waals surface area (Å²) < 4.78 is 5.39. The minimum absolute atomic E-state index is 0.427. The topological polar surface area (TPSA) is 77.8 Å². The summed E-state index contributed by atoms with van der Waals surface area (Å²) in [5.41, 5.74) is 6.52. The van der Waals surface area contributed by atoms with Gasteiger partial charge in [-0.05, 0) is 49.7 Å². The molecule has 2 heterocycles. The smallest absolute Gasteiger partial charge is 0.258 e. The van der Waals surface area contributed by atoms with Crippen molar-refractivity contribution >= 4 is 5.82 Å². The lowest BCUT2D eigenvalue weighted by Crippen LogP contribution is -2.18. The Bertz CT molecular complexity index is 600. The van der Waals surface area contributed by atoms with Gasteiger partial charge in [0.2, 0.25) is 0 Å². The number of nitrogens with two attached hydrogens (primary N) is 1. The van der Waals surface area contributed by atoms with Crippen LogP contribution in [0.2, 0.25) is 0 Å². The summed E-state index contributed by atoms with van der Waals surface area (Å²) >= 11 is 0. The number of nitrogen functional groups attached to an aromatic ring is 1. The fourth-order valence-electron chi connectivity index (χ4n) is 3.14. The van der Waals surface area contributed by atoms with Crippen LogP contribution in [-0.4, -0.2) is 15.1 Å². The molecule has 0 radical (unpaired) electrons. The number of hydrogen-bond acceptors (Lipinski definition) is 5. The van der Waals surface area contributed by atoms with Crippen LogP contribution in [0.1, 0.15) is 51.3 Å². The van der Waals surface area contributed by atoms with Gasteiger partial charge in [-0.2, -0.15) is 4.98 Å². The number of pyridine rings is 1. The fourth-order valence-corrected chi connectivity index (χ4v) is 3.14. The molecule has 0 bridgehead atoms. The van der Waals surface area contributed by atoms with E-state index in [1.807, 2.05) is 6.07 Å². The Labute approximate surface area is 125 Å². The molecule has 21 heavy (non-hydrogen) atoms. The van der Waals surface area contributed by atoms with Crippen LogP contribution in [0.15, 0.2) is 22.9 Å². The lowest BCUT2D eigenvalue weighted by molar-refractivity contribution is 0.252. The lowest BCUT2D eigenvalue weighted by Gasteiger charge is -2.29. The van der Waals surface area contributed by atoms with Crippen LogP contribution < -0.4 is 5.73 Å². The summed E-state index contributed by atoms with van der Waals surface area (Å²) in [6.45, 7) is 4.62. The van der Waals surface area contributed by atoms with Gasteiger partial charge in [0.25, 0.3) is 5.89 Å². The van der Waals surface area contributed by atoms with Gasteiger partial charge in [0.1, 0.15) is 5.82 Å². The Morgan fingerprint density at radius 1 is 1.24 bits per heavy atom. The van der Waals surface area contributed by atoms with Crippen LogP contribution in [0.3, 0.4) is 0 Å². The molecule has 1 saturated carbocycles. The third kappa shape index (κ3) is 3.06. The van der Waals surface area contributed by atoms with E-state index in [4.69, 9.17) is 10.3 Å². The summed E-state index contributed by atoms with van der Waals surface area (Å²) in [7, 11) is 0. The zero-order valence-electron chi connectivity index (χ0n) is 12.6. The molecular formula is C16H22N4O. The molecule has 1 aliphatic rings. The molecule has 0 spiro atoms. The highest BCUT2D eigenvalue weighted by atomic mass is 16.5. The minimum Gasteiger partial charge on any atom is -0.384 e. The van der Waals surface area contributed by atoms with Gasteiger partial charge < -0.3 is 10.3 Å². The van der Waals surface area contributed by atoms with Crippen molar-refractivity contribution in [3.8, 4) is 11.5 Å². The second kappa shape index (κ2) is 5.84. The van der Waals surface area contributed by atoms with E-state index in [1.54, 1.807) is 12.3 Å². The zero-order chi connectivity index (χ0) is 14.8. The van der Waals surface area contributed by atoms with Crippen molar-refractivity contribution in [1.82, 2.24) is 15.1 Å². The highest BCUT2D eigenvalue weighted by molar-refractivity contribution is 5.56. The first kappa shape index (κ1) is 14.0. The third-order valence-electron chi connectivity index (χ3n) is 4.55. The normalized spacial score (nSPS) is 22.6. The van der Waals surface area contributed by atoms with Crippen LogP contribution in [-0.2, 0) is 0 Å². The highest BCUT2D eigenvalue weighted by Gasteiger charge is 2.27. The predicted octanol–water partition coefficient (Wildman–Crippen LogP) is 3.64. The largest absolute Gasteiger partial charge is 0.384 e. The Kier molecular flexibility index (Phi) is 3.90. The Balaban J connectivity index is 1.71. The number of aromatic nitrogens is 3. The van der Waals surface area contributed by atoms with E-state index in [1.165, 1.54) is 12.8 Å². The molecule has 0 atom stereocenters. The predicted molar refractivity (Wildman–Crippen MR) is 81.5 cm³/mol. The molecule has 0 aromatic carbocycles. The standard InChI is InChI=1S/C16H22N4O/c1-10(2)11-3-5-12(6-4-11)15-19-16(21-20-15)13-7-8-18-14(17)9-13/h7-12H,3-6H2,1-2H3,(H2,17,18). The molecule has 0 aliphatic heterocycles. The van der Waals surface area contributed by atoms with Crippen molar-refractivity contribution in [3.63, 3.8) is 0 Å². The maximum absolute atomic E-state index is 5.69. The van der Waals surface area contributed by atoms with E-state index in [0.717, 1.165) is 36.1 Å². The average Bonchev–Trinajstić information content (AvgIpc) is 2.97. The molecule has 2 N–H and O–H groups in total. The SMILES string of the molecule is CC(C)C1CCC(c2noc(-c3ccnc(N)c3)n2)CC1. The summed E-state index contributed by atoms with van der Waals surface area (Å²) in [6, 6.07) is 3.59. The number of hydrogen-bond donors (Lipinski definition) is 1. The molecule has 2 aromatic rings. The maximum atomic E-state index is 5.69.